The van der Waals surface area contributed by atoms with Crippen molar-refractivity contribution in [3.05, 3.63) is 36.4 Å². The van der Waals surface area contributed by atoms with Gasteiger partial charge in [-0.15, -0.1) is 0 Å². The molecule has 0 heterocycles. The first kappa shape index (κ1) is 12.5. The van der Waals surface area contributed by atoms with Crippen molar-refractivity contribution in [2.75, 3.05) is 0 Å². The molecule has 3 nitrogen and oxygen atoms in total. The summed E-state index contributed by atoms with van der Waals surface area (Å²) in [5.41, 5.74) is 0. The van der Waals surface area contributed by atoms with Crippen LogP contribution in [0.15, 0.2) is 41.3 Å². The van der Waals surface area contributed by atoms with Crippen molar-refractivity contribution < 1.29 is 13.2 Å². The molecule has 1 aromatic carbocycles. The van der Waals surface area contributed by atoms with Crippen molar-refractivity contribution in [2.45, 2.75) is 30.3 Å². The molecule has 0 fully saturated rings. The van der Waals surface area contributed by atoms with Crippen LogP contribution in [0.3, 0.4) is 0 Å². The normalized spacial score (nSPS) is 20.2. The summed E-state index contributed by atoms with van der Waals surface area (Å²) in [5, 5.41) is 0. The zero-order valence-electron chi connectivity index (χ0n) is 9.17. The Morgan fingerprint density at radius 2 is 1.94 bits per heavy atom. The van der Waals surface area contributed by atoms with Crippen LogP contribution in [0.1, 0.15) is 19.3 Å². The monoisotopic (exact) mass is 272 g/mol. The first-order valence-electron chi connectivity index (χ1n) is 5.44. The standard InChI is InChI=1S/C12H13ClO3S/c13-17(14,15)12-8-6-11(7-9-12)16-10-4-2-1-3-5-10/h2,4,6-10H,1,3,5H2. The lowest BCUT2D eigenvalue weighted by molar-refractivity contribution is 0.230. The fourth-order valence-corrected chi connectivity index (χ4v) is 2.50. The van der Waals surface area contributed by atoms with Gasteiger partial charge in [-0.05, 0) is 49.6 Å². The highest BCUT2D eigenvalue weighted by molar-refractivity contribution is 8.13. The van der Waals surface area contributed by atoms with E-state index < -0.39 is 9.05 Å². The first-order valence-corrected chi connectivity index (χ1v) is 7.75. The molecule has 0 amide bonds. The number of benzene rings is 1. The summed E-state index contributed by atoms with van der Waals surface area (Å²) in [4.78, 5) is 0.0886. The van der Waals surface area contributed by atoms with Gasteiger partial charge in [0.1, 0.15) is 11.9 Å². The number of hydrogen-bond acceptors (Lipinski definition) is 3. The highest BCUT2D eigenvalue weighted by Gasteiger charge is 2.12. The molecule has 0 bridgehead atoms. The number of allylic oxidation sites excluding steroid dienone is 1. The minimum absolute atomic E-state index is 0.0854. The summed E-state index contributed by atoms with van der Waals surface area (Å²) in [7, 11) is 1.57. The van der Waals surface area contributed by atoms with E-state index in [2.05, 4.69) is 6.08 Å². The molecule has 92 valence electrons. The third kappa shape index (κ3) is 3.48. The second-order valence-electron chi connectivity index (χ2n) is 3.92. The zero-order valence-corrected chi connectivity index (χ0v) is 10.7. The average Bonchev–Trinajstić information content (AvgIpc) is 2.30. The maximum Gasteiger partial charge on any atom is 0.261 e. The van der Waals surface area contributed by atoms with Crippen molar-refractivity contribution in [1.82, 2.24) is 0 Å². The Labute approximate surface area is 105 Å². The molecule has 1 aliphatic carbocycles. The van der Waals surface area contributed by atoms with E-state index in [9.17, 15) is 8.42 Å². The van der Waals surface area contributed by atoms with Crippen molar-refractivity contribution in [3.8, 4) is 5.75 Å². The van der Waals surface area contributed by atoms with Crippen molar-refractivity contribution in [3.63, 3.8) is 0 Å². The van der Waals surface area contributed by atoms with Crippen molar-refractivity contribution >= 4 is 19.7 Å². The SMILES string of the molecule is O=S(=O)(Cl)c1ccc(OC2C=CCCC2)cc1. The highest BCUT2D eigenvalue weighted by atomic mass is 35.7. The van der Waals surface area contributed by atoms with Crippen LogP contribution >= 0.6 is 10.7 Å². The van der Waals surface area contributed by atoms with Crippen molar-refractivity contribution in [2.24, 2.45) is 0 Å². The molecule has 2 rings (SSSR count). The lowest BCUT2D eigenvalue weighted by Gasteiger charge is -2.18. The fraction of sp³-hybridized carbons (Fsp3) is 0.333. The molecule has 0 aliphatic heterocycles. The Morgan fingerprint density at radius 1 is 1.24 bits per heavy atom. The molecule has 17 heavy (non-hydrogen) atoms. The third-order valence-corrected chi connectivity index (χ3v) is 3.97. The second kappa shape index (κ2) is 5.10. The quantitative estimate of drug-likeness (QED) is 0.627. The van der Waals surface area contributed by atoms with E-state index in [1.165, 1.54) is 12.1 Å². The summed E-state index contributed by atoms with van der Waals surface area (Å²) < 4.78 is 27.8. The second-order valence-corrected chi connectivity index (χ2v) is 6.49. The van der Waals surface area contributed by atoms with E-state index in [0.717, 1.165) is 19.3 Å². The summed E-state index contributed by atoms with van der Waals surface area (Å²) >= 11 is 0. The molecule has 5 heteroatoms. The Bertz CT molecular complexity index is 505. The number of halogens is 1. The van der Waals surface area contributed by atoms with E-state index in [-0.39, 0.29) is 11.0 Å². The molecule has 0 aromatic heterocycles. The summed E-state index contributed by atoms with van der Waals surface area (Å²) in [6.45, 7) is 0. The molecule has 0 saturated carbocycles. The predicted octanol–water partition coefficient (Wildman–Crippen LogP) is 3.10. The van der Waals surface area contributed by atoms with Crippen LogP contribution < -0.4 is 4.74 Å². The van der Waals surface area contributed by atoms with Crippen molar-refractivity contribution in [1.29, 1.82) is 0 Å². The number of rotatable bonds is 3. The van der Waals surface area contributed by atoms with Gasteiger partial charge in [0.2, 0.25) is 0 Å². The molecule has 0 N–H and O–H groups in total. The Kier molecular flexibility index (Phi) is 3.74. The molecule has 1 unspecified atom stereocenters. The molecular weight excluding hydrogens is 260 g/mol. The lowest BCUT2D eigenvalue weighted by atomic mass is 10.1. The van der Waals surface area contributed by atoms with Crippen LogP contribution in [0.5, 0.6) is 5.75 Å². The van der Waals surface area contributed by atoms with Gasteiger partial charge in [-0.3, -0.25) is 0 Å². The smallest absolute Gasteiger partial charge is 0.261 e. The van der Waals surface area contributed by atoms with Crippen LogP contribution in [-0.4, -0.2) is 14.5 Å². The Hall–Kier alpha value is -1.00. The fourth-order valence-electron chi connectivity index (χ4n) is 1.73. The van der Waals surface area contributed by atoms with Gasteiger partial charge in [0.15, 0.2) is 0 Å². The van der Waals surface area contributed by atoms with E-state index in [0.29, 0.717) is 5.75 Å². The minimum Gasteiger partial charge on any atom is -0.486 e. The van der Waals surface area contributed by atoms with E-state index in [1.807, 2.05) is 6.08 Å². The molecule has 0 radical (unpaired) electrons. The van der Waals surface area contributed by atoms with Gasteiger partial charge in [-0.25, -0.2) is 8.42 Å². The first-order chi connectivity index (χ1) is 8.05. The summed E-state index contributed by atoms with van der Waals surface area (Å²) in [6.07, 6.45) is 7.44. The minimum atomic E-state index is -3.65. The van der Waals surface area contributed by atoms with Gasteiger partial charge in [-0.1, -0.05) is 6.08 Å². The van der Waals surface area contributed by atoms with Gasteiger partial charge in [0.05, 0.1) is 4.90 Å². The molecule has 1 atom stereocenters. The number of hydrogen-bond donors (Lipinski definition) is 0. The van der Waals surface area contributed by atoms with E-state index in [4.69, 9.17) is 15.4 Å². The zero-order chi connectivity index (χ0) is 12.3. The van der Waals surface area contributed by atoms with Crippen LogP contribution in [0.25, 0.3) is 0 Å². The van der Waals surface area contributed by atoms with Crippen LogP contribution in [0.4, 0.5) is 0 Å². The van der Waals surface area contributed by atoms with Gasteiger partial charge in [0, 0.05) is 10.7 Å². The molecule has 0 spiro atoms. The van der Waals surface area contributed by atoms with Crippen LogP contribution in [-0.2, 0) is 9.05 Å². The largest absolute Gasteiger partial charge is 0.486 e. The van der Waals surface area contributed by atoms with Gasteiger partial charge in [0.25, 0.3) is 9.05 Å². The Balaban J connectivity index is 2.08. The summed E-state index contributed by atoms with van der Waals surface area (Å²) in [6, 6.07) is 6.14. The van der Waals surface area contributed by atoms with Gasteiger partial charge < -0.3 is 4.74 Å². The predicted molar refractivity (Wildman–Crippen MR) is 66.9 cm³/mol. The van der Waals surface area contributed by atoms with Crippen LogP contribution in [0.2, 0.25) is 0 Å². The topological polar surface area (TPSA) is 43.4 Å². The van der Waals surface area contributed by atoms with Gasteiger partial charge in [-0.2, -0.15) is 0 Å². The lowest BCUT2D eigenvalue weighted by Crippen LogP contribution is -2.15. The summed E-state index contributed by atoms with van der Waals surface area (Å²) in [5.74, 6) is 0.658. The molecule has 0 saturated heterocycles. The van der Waals surface area contributed by atoms with E-state index >= 15 is 0 Å². The molecule has 1 aromatic rings. The third-order valence-electron chi connectivity index (χ3n) is 2.60. The maximum atomic E-state index is 11.0. The maximum absolute atomic E-state index is 11.0. The molecule has 1 aliphatic rings. The molecular formula is C12H13ClO3S. The van der Waals surface area contributed by atoms with Gasteiger partial charge >= 0.3 is 0 Å². The van der Waals surface area contributed by atoms with Crippen LogP contribution in [0, 0.1) is 0 Å². The van der Waals surface area contributed by atoms with E-state index in [1.54, 1.807) is 12.1 Å². The number of ether oxygens (including phenoxy) is 1. The Morgan fingerprint density at radius 3 is 2.47 bits per heavy atom. The highest BCUT2D eigenvalue weighted by Crippen LogP contribution is 2.22. The average molecular weight is 273 g/mol.